The van der Waals surface area contributed by atoms with Crippen LogP contribution >= 0.6 is 24.0 Å². The third-order valence-electron chi connectivity index (χ3n) is 4.64. The van der Waals surface area contributed by atoms with Crippen LogP contribution in [0.3, 0.4) is 0 Å². The average Bonchev–Trinajstić information content (AvgIpc) is 3.38. The largest absolute Gasteiger partial charge is 0.357 e. The molecule has 0 saturated carbocycles. The van der Waals surface area contributed by atoms with Crippen molar-refractivity contribution in [1.82, 2.24) is 30.7 Å². The molecule has 0 aliphatic carbocycles. The normalized spacial score (nSPS) is 16.5. The lowest BCUT2D eigenvalue weighted by Gasteiger charge is -2.20. The maximum atomic E-state index is 12.2. The minimum atomic E-state index is 0. The van der Waals surface area contributed by atoms with Crippen LogP contribution in [0.25, 0.3) is 11.6 Å². The zero-order chi connectivity index (χ0) is 20.6. The number of rotatable bonds is 7. The minimum absolute atomic E-state index is 0. The second-order valence-electron chi connectivity index (χ2n) is 7.31. The molecule has 2 aromatic rings. The molecule has 0 aromatic carbocycles. The molecule has 1 fully saturated rings. The van der Waals surface area contributed by atoms with Gasteiger partial charge in [-0.25, -0.2) is 0 Å². The van der Waals surface area contributed by atoms with Crippen LogP contribution in [-0.2, 0) is 11.2 Å². The molecule has 0 spiro atoms. The molecule has 0 bridgehead atoms. The number of guanidine groups is 1. The molecule has 2 aromatic heterocycles. The molecule has 164 valence electrons. The van der Waals surface area contributed by atoms with Crippen LogP contribution in [0, 0.1) is 5.92 Å². The summed E-state index contributed by atoms with van der Waals surface area (Å²) in [5, 5.41) is 10.7. The first-order chi connectivity index (χ1) is 14.1. The summed E-state index contributed by atoms with van der Waals surface area (Å²) in [6.45, 7) is 8.68. The van der Waals surface area contributed by atoms with E-state index in [1.165, 1.54) is 0 Å². The van der Waals surface area contributed by atoms with Gasteiger partial charge in [0.1, 0.15) is 5.69 Å². The van der Waals surface area contributed by atoms with Gasteiger partial charge in [-0.05, 0) is 25.5 Å². The second-order valence-corrected chi connectivity index (χ2v) is 7.31. The summed E-state index contributed by atoms with van der Waals surface area (Å²) in [5.41, 5.74) is 0.659. The van der Waals surface area contributed by atoms with Crippen LogP contribution in [0.1, 0.15) is 33.0 Å². The third kappa shape index (κ3) is 6.64. The van der Waals surface area contributed by atoms with E-state index in [4.69, 9.17) is 4.52 Å². The fourth-order valence-electron chi connectivity index (χ4n) is 3.17. The Balaban J connectivity index is 0.00000320. The van der Waals surface area contributed by atoms with Crippen molar-refractivity contribution in [3.63, 3.8) is 0 Å². The van der Waals surface area contributed by atoms with E-state index < -0.39 is 0 Å². The lowest BCUT2D eigenvalue weighted by atomic mass is 10.2. The van der Waals surface area contributed by atoms with Gasteiger partial charge in [0.25, 0.3) is 5.89 Å². The maximum absolute atomic E-state index is 12.2. The Morgan fingerprint density at radius 1 is 1.40 bits per heavy atom. The smallest absolute Gasteiger partial charge is 0.276 e. The molecule has 1 unspecified atom stereocenters. The van der Waals surface area contributed by atoms with Crippen molar-refractivity contribution in [2.24, 2.45) is 10.9 Å². The highest BCUT2D eigenvalue weighted by molar-refractivity contribution is 14.0. The van der Waals surface area contributed by atoms with Crippen LogP contribution in [0.5, 0.6) is 0 Å². The van der Waals surface area contributed by atoms with Crippen LogP contribution in [0.4, 0.5) is 0 Å². The fraction of sp³-hybridized carbons (Fsp3) is 0.550. The van der Waals surface area contributed by atoms with Crippen LogP contribution < -0.4 is 10.6 Å². The standard InChI is InChI=1S/C20H29N7O2.HI/c1-4-21-20(24-15-9-12-27(13-15)19(28)14(2)3)23-11-8-17-25-18(29-26-17)16-7-5-6-10-22-16;/h5-7,10,14-15H,4,8-9,11-13H2,1-3H3,(H2,21,23,24);1H. The molecule has 1 aliphatic heterocycles. The topological polar surface area (TPSA) is 109 Å². The molecule has 0 radical (unpaired) electrons. The second kappa shape index (κ2) is 11.8. The number of amides is 1. The van der Waals surface area contributed by atoms with Gasteiger partial charge in [-0.3, -0.25) is 14.8 Å². The number of halogens is 1. The van der Waals surface area contributed by atoms with Crippen LogP contribution in [0.2, 0.25) is 0 Å². The molecule has 1 atom stereocenters. The van der Waals surface area contributed by atoms with Crippen molar-refractivity contribution in [2.75, 3.05) is 26.2 Å². The van der Waals surface area contributed by atoms with Gasteiger partial charge in [-0.2, -0.15) is 4.98 Å². The van der Waals surface area contributed by atoms with Gasteiger partial charge in [0.2, 0.25) is 5.91 Å². The van der Waals surface area contributed by atoms with E-state index in [1.807, 2.05) is 43.9 Å². The number of pyridine rings is 1. The summed E-state index contributed by atoms with van der Waals surface area (Å²) >= 11 is 0. The summed E-state index contributed by atoms with van der Waals surface area (Å²) in [6, 6.07) is 5.75. The van der Waals surface area contributed by atoms with Gasteiger partial charge >= 0.3 is 0 Å². The molecule has 30 heavy (non-hydrogen) atoms. The maximum Gasteiger partial charge on any atom is 0.276 e. The number of aliphatic imine (C=N–C) groups is 1. The molecule has 10 heteroatoms. The number of nitrogens with zero attached hydrogens (tertiary/aromatic N) is 5. The number of hydrogen-bond donors (Lipinski definition) is 2. The Labute approximate surface area is 194 Å². The highest BCUT2D eigenvalue weighted by Crippen LogP contribution is 2.14. The molecule has 9 nitrogen and oxygen atoms in total. The van der Waals surface area contributed by atoms with Crippen LogP contribution in [0.15, 0.2) is 33.9 Å². The predicted octanol–water partition coefficient (Wildman–Crippen LogP) is 2.10. The van der Waals surface area contributed by atoms with Crippen molar-refractivity contribution in [3.05, 3.63) is 30.2 Å². The van der Waals surface area contributed by atoms with Gasteiger partial charge in [0.15, 0.2) is 11.8 Å². The SMILES string of the molecule is CCNC(=NCCc1noc(-c2ccccn2)n1)NC1CCN(C(=O)C(C)C)C1.I. The first kappa shape index (κ1) is 24.0. The summed E-state index contributed by atoms with van der Waals surface area (Å²) in [6.07, 6.45) is 3.17. The monoisotopic (exact) mass is 527 g/mol. The summed E-state index contributed by atoms with van der Waals surface area (Å²) in [4.78, 5) is 27.3. The van der Waals surface area contributed by atoms with Crippen molar-refractivity contribution >= 4 is 35.8 Å². The Morgan fingerprint density at radius 2 is 2.23 bits per heavy atom. The fourth-order valence-corrected chi connectivity index (χ4v) is 3.17. The van der Waals surface area contributed by atoms with E-state index in [0.29, 0.717) is 36.9 Å². The predicted molar refractivity (Wildman–Crippen MR) is 126 cm³/mol. The summed E-state index contributed by atoms with van der Waals surface area (Å²) in [7, 11) is 0. The Kier molecular flexibility index (Phi) is 9.47. The van der Waals surface area contributed by atoms with E-state index in [9.17, 15) is 4.79 Å². The van der Waals surface area contributed by atoms with E-state index in [-0.39, 0.29) is 41.8 Å². The quantitative estimate of drug-likeness (QED) is 0.323. The van der Waals surface area contributed by atoms with Crippen LogP contribution in [-0.4, -0.2) is 64.1 Å². The molecule has 1 amide bonds. The van der Waals surface area contributed by atoms with Crippen molar-refractivity contribution < 1.29 is 9.32 Å². The first-order valence-electron chi connectivity index (χ1n) is 10.1. The van der Waals surface area contributed by atoms with Crippen molar-refractivity contribution in [3.8, 4) is 11.6 Å². The van der Waals surface area contributed by atoms with Gasteiger partial charge in [-0.15, -0.1) is 24.0 Å². The third-order valence-corrected chi connectivity index (χ3v) is 4.64. The Morgan fingerprint density at radius 3 is 2.93 bits per heavy atom. The summed E-state index contributed by atoms with van der Waals surface area (Å²) in [5.74, 6) is 1.98. The molecular weight excluding hydrogens is 497 g/mol. The minimum Gasteiger partial charge on any atom is -0.357 e. The highest BCUT2D eigenvalue weighted by Gasteiger charge is 2.27. The first-order valence-corrected chi connectivity index (χ1v) is 10.1. The Bertz CT molecular complexity index is 826. The number of carbonyl (C=O) groups is 1. The van der Waals surface area contributed by atoms with Gasteiger partial charge < -0.3 is 20.1 Å². The zero-order valence-corrected chi connectivity index (χ0v) is 20.0. The lowest BCUT2D eigenvalue weighted by Crippen LogP contribution is -2.45. The van der Waals surface area contributed by atoms with Gasteiger partial charge in [-0.1, -0.05) is 25.1 Å². The molecular formula is C20H30IN7O2. The molecule has 1 saturated heterocycles. The molecule has 3 rings (SSSR count). The number of aromatic nitrogens is 3. The average molecular weight is 527 g/mol. The molecule has 3 heterocycles. The highest BCUT2D eigenvalue weighted by atomic mass is 127. The lowest BCUT2D eigenvalue weighted by molar-refractivity contribution is -0.133. The van der Waals surface area contributed by atoms with E-state index in [2.05, 4.69) is 30.8 Å². The summed E-state index contributed by atoms with van der Waals surface area (Å²) < 4.78 is 5.28. The number of carbonyl (C=O) groups excluding carboxylic acids is 1. The van der Waals surface area contributed by atoms with E-state index in [1.54, 1.807) is 6.20 Å². The molecule has 1 aliphatic rings. The van der Waals surface area contributed by atoms with Gasteiger partial charge in [0, 0.05) is 50.8 Å². The zero-order valence-electron chi connectivity index (χ0n) is 17.7. The number of nitrogens with one attached hydrogen (secondary N) is 2. The van der Waals surface area contributed by atoms with Crippen molar-refractivity contribution in [2.45, 2.75) is 39.7 Å². The number of likely N-dealkylation sites (tertiary alicyclic amines) is 1. The van der Waals surface area contributed by atoms with Crippen molar-refractivity contribution in [1.29, 1.82) is 0 Å². The van der Waals surface area contributed by atoms with Gasteiger partial charge in [0.05, 0.1) is 0 Å². The Hall–Kier alpha value is -2.24. The molecule has 2 N–H and O–H groups in total. The van der Waals surface area contributed by atoms with E-state index >= 15 is 0 Å². The van der Waals surface area contributed by atoms with E-state index in [0.717, 1.165) is 25.5 Å². The number of hydrogen-bond acceptors (Lipinski definition) is 6.